The zero-order valence-corrected chi connectivity index (χ0v) is 12.0. The van der Waals surface area contributed by atoms with Gasteiger partial charge in [0.2, 0.25) is 5.91 Å². The average molecular weight is 310 g/mol. The summed E-state index contributed by atoms with van der Waals surface area (Å²) in [6.45, 7) is 0. The number of hydrogen-bond donors (Lipinski definition) is 2. The monoisotopic (exact) mass is 309 g/mol. The second-order valence-electron chi connectivity index (χ2n) is 3.86. The smallest absolute Gasteiger partial charge is 0.257 e. The number of nitrogens with one attached hydrogen (secondary N) is 2. The maximum Gasteiger partial charge on any atom is 0.257 e. The first kappa shape index (κ1) is 14.5. The third-order valence-corrected chi connectivity index (χ3v) is 3.26. The van der Waals surface area contributed by atoms with E-state index in [2.05, 4.69) is 15.6 Å². The number of carbonyl (C=O) groups excluding carboxylic acids is 2. The minimum absolute atomic E-state index is 0.183. The number of carbonyl (C=O) groups is 2. The lowest BCUT2D eigenvalue weighted by molar-refractivity contribution is -0.115. The van der Waals surface area contributed by atoms with Gasteiger partial charge in [-0.1, -0.05) is 6.07 Å². The molecule has 2 N–H and O–H groups in total. The van der Waals surface area contributed by atoms with Crippen LogP contribution in [0, 0.1) is 0 Å². The molecule has 7 heteroatoms. The summed E-state index contributed by atoms with van der Waals surface area (Å²) >= 11 is 6.83. The average Bonchev–Trinajstić information content (AvgIpc) is 2.92. The van der Waals surface area contributed by atoms with E-state index >= 15 is 0 Å². The van der Waals surface area contributed by atoms with E-state index in [1.54, 1.807) is 35.8 Å². The molecule has 1 aromatic heterocycles. The number of alkyl halides is 1. The third kappa shape index (κ3) is 4.04. The quantitative estimate of drug-likeness (QED) is 0.834. The molecule has 2 rings (SSSR count). The first-order chi connectivity index (χ1) is 9.69. The van der Waals surface area contributed by atoms with Gasteiger partial charge in [-0.25, -0.2) is 4.98 Å². The lowest BCUT2D eigenvalue weighted by Gasteiger charge is -2.06. The molecule has 0 aliphatic heterocycles. The van der Waals surface area contributed by atoms with Crippen LogP contribution < -0.4 is 10.6 Å². The molecule has 0 atom stereocenters. The van der Waals surface area contributed by atoms with E-state index in [4.69, 9.17) is 11.6 Å². The van der Waals surface area contributed by atoms with Crippen LogP contribution in [0.15, 0.2) is 35.8 Å². The number of nitrogens with zero attached hydrogens (tertiary/aromatic N) is 1. The maximum absolute atomic E-state index is 12.0. The molecule has 0 aliphatic carbocycles. The molecule has 20 heavy (non-hydrogen) atoms. The Morgan fingerprint density at radius 3 is 2.85 bits per heavy atom. The molecule has 0 radical (unpaired) electrons. The number of benzene rings is 1. The van der Waals surface area contributed by atoms with Crippen molar-refractivity contribution in [3.8, 4) is 0 Å². The van der Waals surface area contributed by atoms with E-state index in [9.17, 15) is 9.59 Å². The van der Waals surface area contributed by atoms with Crippen molar-refractivity contribution in [3.05, 3.63) is 41.4 Å². The highest BCUT2D eigenvalue weighted by Gasteiger charge is 2.09. The van der Waals surface area contributed by atoms with E-state index in [0.717, 1.165) is 0 Å². The summed E-state index contributed by atoms with van der Waals surface area (Å²) in [5.74, 6) is -0.193. The van der Waals surface area contributed by atoms with Crippen LogP contribution in [0.4, 0.5) is 10.8 Å². The van der Waals surface area contributed by atoms with Crippen molar-refractivity contribution in [2.75, 3.05) is 16.5 Å². The summed E-state index contributed by atoms with van der Waals surface area (Å²) < 4.78 is 0. The standard InChI is InChI=1S/C13H12ClN3O2S/c14-5-4-11(18)16-10-3-1-2-9(8-10)12(19)17-13-15-6-7-20-13/h1-3,6-8H,4-5H2,(H,16,18)(H,15,17,19). The lowest BCUT2D eigenvalue weighted by atomic mass is 10.2. The highest BCUT2D eigenvalue weighted by atomic mass is 35.5. The Labute approximate surface area is 125 Å². The van der Waals surface area contributed by atoms with Gasteiger partial charge in [0, 0.05) is 35.1 Å². The van der Waals surface area contributed by atoms with Crippen molar-refractivity contribution in [2.24, 2.45) is 0 Å². The minimum atomic E-state index is -0.270. The highest BCUT2D eigenvalue weighted by molar-refractivity contribution is 7.13. The molecule has 0 saturated heterocycles. The number of rotatable bonds is 5. The largest absolute Gasteiger partial charge is 0.326 e. The SMILES string of the molecule is O=C(CCCl)Nc1cccc(C(=O)Nc2nccs2)c1. The summed E-state index contributed by atoms with van der Waals surface area (Å²) in [5.41, 5.74) is 1.01. The van der Waals surface area contributed by atoms with Gasteiger partial charge in [0.25, 0.3) is 5.91 Å². The van der Waals surface area contributed by atoms with Gasteiger partial charge in [-0.05, 0) is 18.2 Å². The second kappa shape index (κ2) is 7.02. The van der Waals surface area contributed by atoms with Crippen LogP contribution >= 0.6 is 22.9 Å². The predicted octanol–water partition coefficient (Wildman–Crippen LogP) is 2.96. The molecule has 0 bridgehead atoms. The Balaban J connectivity index is 2.05. The Morgan fingerprint density at radius 2 is 2.15 bits per heavy atom. The summed E-state index contributed by atoms with van der Waals surface area (Å²) in [6.07, 6.45) is 1.85. The number of thiazole rings is 1. The van der Waals surface area contributed by atoms with Gasteiger partial charge in [-0.3, -0.25) is 14.9 Å². The van der Waals surface area contributed by atoms with Crippen LogP contribution in [-0.4, -0.2) is 22.7 Å². The van der Waals surface area contributed by atoms with E-state index in [1.165, 1.54) is 11.3 Å². The Bertz CT molecular complexity index is 601. The van der Waals surface area contributed by atoms with Gasteiger partial charge in [-0.2, -0.15) is 0 Å². The second-order valence-corrected chi connectivity index (χ2v) is 5.13. The molecule has 0 unspecified atom stereocenters. The van der Waals surface area contributed by atoms with Gasteiger partial charge in [-0.15, -0.1) is 22.9 Å². The summed E-state index contributed by atoms with van der Waals surface area (Å²) in [5, 5.41) is 7.67. The van der Waals surface area contributed by atoms with Crippen LogP contribution in [0.3, 0.4) is 0 Å². The van der Waals surface area contributed by atoms with Crippen LogP contribution in [0.25, 0.3) is 0 Å². The summed E-state index contributed by atoms with van der Waals surface area (Å²) in [4.78, 5) is 27.4. The molecule has 0 spiro atoms. The van der Waals surface area contributed by atoms with Crippen molar-refractivity contribution < 1.29 is 9.59 Å². The topological polar surface area (TPSA) is 71.1 Å². The van der Waals surface area contributed by atoms with E-state index in [1.807, 2.05) is 0 Å². The third-order valence-electron chi connectivity index (χ3n) is 2.38. The zero-order chi connectivity index (χ0) is 14.4. The Hall–Kier alpha value is -1.92. The molecule has 0 fully saturated rings. The number of amides is 2. The predicted molar refractivity (Wildman–Crippen MR) is 80.5 cm³/mol. The van der Waals surface area contributed by atoms with Crippen molar-refractivity contribution in [2.45, 2.75) is 6.42 Å². The van der Waals surface area contributed by atoms with Crippen LogP contribution in [0.2, 0.25) is 0 Å². The fourth-order valence-corrected chi connectivity index (χ4v) is 2.20. The number of halogens is 1. The summed E-state index contributed by atoms with van der Waals surface area (Å²) in [6, 6.07) is 6.69. The molecule has 104 valence electrons. The summed E-state index contributed by atoms with van der Waals surface area (Å²) in [7, 11) is 0. The number of aromatic nitrogens is 1. The van der Waals surface area contributed by atoms with Crippen LogP contribution in [0.5, 0.6) is 0 Å². The van der Waals surface area contributed by atoms with Gasteiger partial charge in [0.1, 0.15) is 0 Å². The van der Waals surface area contributed by atoms with Gasteiger partial charge in [0.15, 0.2) is 5.13 Å². The molecule has 0 saturated carbocycles. The molecular formula is C13H12ClN3O2S. The fourth-order valence-electron chi connectivity index (χ4n) is 1.50. The van der Waals surface area contributed by atoms with Gasteiger partial charge < -0.3 is 5.32 Å². The maximum atomic E-state index is 12.0. The van der Waals surface area contributed by atoms with E-state index in [-0.39, 0.29) is 24.1 Å². The number of anilines is 2. The zero-order valence-electron chi connectivity index (χ0n) is 10.4. The Kier molecular flexibility index (Phi) is 5.09. The first-order valence-corrected chi connectivity index (χ1v) is 7.27. The molecule has 1 aromatic carbocycles. The van der Waals surface area contributed by atoms with Gasteiger partial charge >= 0.3 is 0 Å². The van der Waals surface area contributed by atoms with Crippen molar-refractivity contribution in [1.82, 2.24) is 4.98 Å². The fraction of sp³-hybridized carbons (Fsp3) is 0.154. The molecule has 2 aromatic rings. The van der Waals surface area contributed by atoms with Crippen molar-refractivity contribution in [3.63, 3.8) is 0 Å². The minimum Gasteiger partial charge on any atom is -0.326 e. The van der Waals surface area contributed by atoms with Crippen LogP contribution in [-0.2, 0) is 4.79 Å². The Morgan fingerprint density at radius 1 is 1.30 bits per heavy atom. The molecular weight excluding hydrogens is 298 g/mol. The normalized spacial score (nSPS) is 10.1. The van der Waals surface area contributed by atoms with Crippen molar-refractivity contribution >= 4 is 45.6 Å². The highest BCUT2D eigenvalue weighted by Crippen LogP contribution is 2.15. The molecule has 1 heterocycles. The van der Waals surface area contributed by atoms with E-state index in [0.29, 0.717) is 16.4 Å². The van der Waals surface area contributed by atoms with E-state index < -0.39 is 0 Å². The number of hydrogen-bond acceptors (Lipinski definition) is 4. The van der Waals surface area contributed by atoms with Crippen LogP contribution in [0.1, 0.15) is 16.8 Å². The first-order valence-electron chi connectivity index (χ1n) is 5.86. The molecule has 2 amide bonds. The molecule has 5 nitrogen and oxygen atoms in total. The van der Waals surface area contributed by atoms with Gasteiger partial charge in [0.05, 0.1) is 0 Å². The van der Waals surface area contributed by atoms with Crippen molar-refractivity contribution in [1.29, 1.82) is 0 Å². The lowest BCUT2D eigenvalue weighted by Crippen LogP contribution is -2.14. The molecule has 0 aliphatic rings.